The molecule has 1 aromatic heterocycles. The first kappa shape index (κ1) is 19.1. The van der Waals surface area contributed by atoms with Crippen LogP contribution in [-0.4, -0.2) is 28.6 Å². The number of hydrogen-bond acceptors (Lipinski definition) is 4. The lowest BCUT2D eigenvalue weighted by Gasteiger charge is -2.13. The van der Waals surface area contributed by atoms with Gasteiger partial charge in [0.25, 0.3) is 0 Å². The molecule has 1 atom stereocenters. The number of Topliss-reactive ketones (excluding diaryl/α,β-unsaturated/α-hetero) is 2. The van der Waals surface area contributed by atoms with Gasteiger partial charge in [-0.2, -0.15) is 0 Å². The van der Waals surface area contributed by atoms with Gasteiger partial charge in [-0.25, -0.2) is 9.18 Å². The molecule has 0 unspecified atom stereocenters. The Morgan fingerprint density at radius 1 is 1.24 bits per heavy atom. The number of carbonyl (C=O) groups is 3. The van der Waals surface area contributed by atoms with Crippen molar-refractivity contribution >= 4 is 33.5 Å². The lowest BCUT2D eigenvalue weighted by atomic mass is 10.0. The Morgan fingerprint density at radius 2 is 1.88 bits per heavy atom. The first-order chi connectivity index (χ1) is 11.6. The van der Waals surface area contributed by atoms with Gasteiger partial charge in [-0.05, 0) is 51.5 Å². The van der Waals surface area contributed by atoms with E-state index in [-0.39, 0.29) is 17.0 Å². The van der Waals surface area contributed by atoms with Crippen LogP contribution in [0, 0.1) is 19.7 Å². The summed E-state index contributed by atoms with van der Waals surface area (Å²) in [6.45, 7) is 6.15. The van der Waals surface area contributed by atoms with Crippen molar-refractivity contribution in [1.82, 2.24) is 4.98 Å². The van der Waals surface area contributed by atoms with Gasteiger partial charge < -0.3 is 9.72 Å². The SMILES string of the molecule is CC(=O)c1c(C)[nH]c(C(=O)[C@H](C)OC(=O)c2cc(Br)ccc2F)c1C. The number of ketones is 2. The van der Waals surface area contributed by atoms with Crippen LogP contribution in [0.15, 0.2) is 22.7 Å². The largest absolute Gasteiger partial charge is 0.451 e. The van der Waals surface area contributed by atoms with Gasteiger partial charge in [0.1, 0.15) is 5.82 Å². The molecule has 2 aromatic rings. The van der Waals surface area contributed by atoms with Crippen molar-refractivity contribution in [2.24, 2.45) is 0 Å². The monoisotopic (exact) mass is 409 g/mol. The molecule has 0 aliphatic carbocycles. The number of nitrogens with one attached hydrogen (secondary N) is 1. The molecule has 1 heterocycles. The zero-order valence-electron chi connectivity index (χ0n) is 14.2. The highest BCUT2D eigenvalue weighted by Gasteiger charge is 2.27. The normalized spacial score (nSPS) is 11.9. The lowest BCUT2D eigenvalue weighted by molar-refractivity contribution is 0.0312. The second-order valence-corrected chi connectivity index (χ2v) is 6.63. The van der Waals surface area contributed by atoms with Crippen LogP contribution < -0.4 is 0 Å². The molecule has 0 fully saturated rings. The predicted octanol–water partition coefficient (Wildman–Crippen LogP) is 4.16. The van der Waals surface area contributed by atoms with E-state index >= 15 is 0 Å². The molecule has 0 spiro atoms. The third kappa shape index (κ3) is 3.87. The molecule has 0 saturated carbocycles. The van der Waals surface area contributed by atoms with E-state index in [1.807, 2.05) is 0 Å². The molecule has 5 nitrogen and oxygen atoms in total. The summed E-state index contributed by atoms with van der Waals surface area (Å²) in [6.07, 6.45) is -1.14. The minimum absolute atomic E-state index is 0.161. The van der Waals surface area contributed by atoms with Crippen LogP contribution in [0.3, 0.4) is 0 Å². The van der Waals surface area contributed by atoms with Gasteiger partial charge in [0.05, 0.1) is 11.3 Å². The highest BCUT2D eigenvalue weighted by Crippen LogP contribution is 2.21. The summed E-state index contributed by atoms with van der Waals surface area (Å²) >= 11 is 3.15. The average Bonchev–Trinajstić information content (AvgIpc) is 2.83. The van der Waals surface area contributed by atoms with Gasteiger partial charge in [-0.15, -0.1) is 0 Å². The summed E-state index contributed by atoms with van der Waals surface area (Å²) in [6, 6.07) is 3.87. The number of aryl methyl sites for hydroxylation is 1. The predicted molar refractivity (Wildman–Crippen MR) is 93.6 cm³/mol. The minimum atomic E-state index is -1.14. The second-order valence-electron chi connectivity index (χ2n) is 5.72. The van der Waals surface area contributed by atoms with E-state index in [2.05, 4.69) is 20.9 Å². The molecule has 1 aromatic carbocycles. The highest BCUT2D eigenvalue weighted by atomic mass is 79.9. The van der Waals surface area contributed by atoms with Crippen molar-refractivity contribution in [3.05, 3.63) is 56.6 Å². The zero-order valence-corrected chi connectivity index (χ0v) is 15.8. The fraction of sp³-hybridized carbons (Fsp3) is 0.278. The van der Waals surface area contributed by atoms with E-state index < -0.39 is 23.7 Å². The standard InChI is InChI=1S/C18H17BrFNO4/c1-8-15(10(3)22)9(2)21-16(8)17(23)11(4)25-18(24)13-7-12(19)5-6-14(13)20/h5-7,11,21H,1-4H3/t11-/m0/s1. The van der Waals surface area contributed by atoms with Gasteiger partial charge in [0.15, 0.2) is 11.9 Å². The van der Waals surface area contributed by atoms with E-state index in [0.717, 1.165) is 6.07 Å². The van der Waals surface area contributed by atoms with Crippen LogP contribution in [0.25, 0.3) is 0 Å². The Bertz CT molecular complexity index is 872. The molecule has 0 saturated heterocycles. The van der Waals surface area contributed by atoms with Gasteiger partial charge >= 0.3 is 5.97 Å². The summed E-state index contributed by atoms with van der Waals surface area (Å²) in [7, 11) is 0. The molecule has 0 aliphatic rings. The summed E-state index contributed by atoms with van der Waals surface area (Å²) in [4.78, 5) is 39.2. The fourth-order valence-corrected chi connectivity index (χ4v) is 3.02. The first-order valence-corrected chi connectivity index (χ1v) is 8.33. The second kappa shape index (κ2) is 7.31. The van der Waals surface area contributed by atoms with E-state index in [0.29, 0.717) is 21.3 Å². The van der Waals surface area contributed by atoms with Crippen molar-refractivity contribution in [2.75, 3.05) is 0 Å². The van der Waals surface area contributed by atoms with Crippen LogP contribution in [-0.2, 0) is 4.74 Å². The van der Waals surface area contributed by atoms with E-state index in [4.69, 9.17) is 4.74 Å². The lowest BCUT2D eigenvalue weighted by Crippen LogP contribution is -2.25. The summed E-state index contributed by atoms with van der Waals surface area (Å²) in [5, 5.41) is 0. The number of carbonyl (C=O) groups excluding carboxylic acids is 3. The van der Waals surface area contributed by atoms with Gasteiger partial charge in [0.2, 0.25) is 5.78 Å². The number of aromatic amines is 1. The van der Waals surface area contributed by atoms with Gasteiger partial charge in [-0.1, -0.05) is 15.9 Å². The molecule has 1 N–H and O–H groups in total. The number of aromatic nitrogens is 1. The zero-order chi connectivity index (χ0) is 18.9. The van der Waals surface area contributed by atoms with Crippen LogP contribution >= 0.6 is 15.9 Å². The molecule has 132 valence electrons. The number of benzene rings is 1. The van der Waals surface area contributed by atoms with E-state index in [1.165, 1.54) is 26.0 Å². The number of rotatable bonds is 5. The number of hydrogen-bond donors (Lipinski definition) is 1. The third-order valence-electron chi connectivity index (χ3n) is 3.84. The Morgan fingerprint density at radius 3 is 2.44 bits per heavy atom. The van der Waals surface area contributed by atoms with Gasteiger partial charge in [0, 0.05) is 15.7 Å². The number of halogens is 2. The smallest absolute Gasteiger partial charge is 0.341 e. The fourth-order valence-electron chi connectivity index (χ4n) is 2.66. The van der Waals surface area contributed by atoms with Crippen molar-refractivity contribution in [3.8, 4) is 0 Å². The van der Waals surface area contributed by atoms with E-state index in [1.54, 1.807) is 13.8 Å². The van der Waals surface area contributed by atoms with Crippen molar-refractivity contribution in [2.45, 2.75) is 33.8 Å². The van der Waals surface area contributed by atoms with Crippen LogP contribution in [0.4, 0.5) is 4.39 Å². The topological polar surface area (TPSA) is 76.2 Å². The molecule has 0 amide bonds. The molecular formula is C18H17BrFNO4. The number of ether oxygens (including phenoxy) is 1. The highest BCUT2D eigenvalue weighted by molar-refractivity contribution is 9.10. The van der Waals surface area contributed by atoms with Crippen LogP contribution in [0.5, 0.6) is 0 Å². The molecule has 2 rings (SSSR count). The Labute approximate surface area is 152 Å². The van der Waals surface area contributed by atoms with Crippen molar-refractivity contribution in [1.29, 1.82) is 0 Å². The minimum Gasteiger partial charge on any atom is -0.451 e. The molecular weight excluding hydrogens is 393 g/mol. The van der Waals surface area contributed by atoms with Crippen molar-refractivity contribution in [3.63, 3.8) is 0 Å². The third-order valence-corrected chi connectivity index (χ3v) is 4.33. The molecule has 0 aliphatic heterocycles. The maximum absolute atomic E-state index is 13.8. The first-order valence-electron chi connectivity index (χ1n) is 7.53. The Kier molecular flexibility index (Phi) is 5.57. The maximum atomic E-state index is 13.8. The number of esters is 1. The quantitative estimate of drug-likeness (QED) is 0.593. The maximum Gasteiger partial charge on any atom is 0.341 e. The van der Waals surface area contributed by atoms with Crippen molar-refractivity contribution < 1.29 is 23.5 Å². The molecule has 25 heavy (non-hydrogen) atoms. The Balaban J connectivity index is 2.24. The van der Waals surface area contributed by atoms with Crippen LogP contribution in [0.1, 0.15) is 56.3 Å². The Hall–Kier alpha value is -2.28. The van der Waals surface area contributed by atoms with E-state index in [9.17, 15) is 18.8 Å². The average molecular weight is 410 g/mol. The summed E-state index contributed by atoms with van der Waals surface area (Å²) in [5.74, 6) is -2.33. The number of H-pyrrole nitrogens is 1. The van der Waals surface area contributed by atoms with Crippen LogP contribution in [0.2, 0.25) is 0 Å². The molecule has 7 heteroatoms. The molecule has 0 radical (unpaired) electrons. The van der Waals surface area contributed by atoms with Gasteiger partial charge in [-0.3, -0.25) is 9.59 Å². The summed E-state index contributed by atoms with van der Waals surface area (Å²) in [5.41, 5.74) is 1.46. The summed E-state index contributed by atoms with van der Waals surface area (Å²) < 4.78 is 19.4. The molecule has 0 bridgehead atoms.